The lowest BCUT2D eigenvalue weighted by Crippen LogP contribution is -2.52. The fourth-order valence-corrected chi connectivity index (χ4v) is 5.57. The summed E-state index contributed by atoms with van der Waals surface area (Å²) in [6, 6.07) is 18.6. The number of tetrazole rings is 1. The second kappa shape index (κ2) is 8.77. The Kier molecular flexibility index (Phi) is 5.47. The number of piperazine rings is 1. The molecule has 0 bridgehead atoms. The SMILES string of the molecule is Cc1ccc2[nH]c(=O)c([C@@H](c3nnnn3Cc3ccccc3)N3CCN4CCC[C@@H]4C3)cc2c1. The van der Waals surface area contributed by atoms with E-state index in [1.54, 1.807) is 0 Å². The highest BCUT2D eigenvalue weighted by molar-refractivity contribution is 5.79. The summed E-state index contributed by atoms with van der Waals surface area (Å²) < 4.78 is 1.85. The van der Waals surface area contributed by atoms with E-state index in [1.807, 2.05) is 41.1 Å². The number of rotatable bonds is 5. The molecule has 34 heavy (non-hydrogen) atoms. The van der Waals surface area contributed by atoms with Crippen molar-refractivity contribution in [3.63, 3.8) is 0 Å². The molecule has 2 fully saturated rings. The average molecular weight is 456 g/mol. The van der Waals surface area contributed by atoms with E-state index in [0.717, 1.165) is 41.7 Å². The number of pyridine rings is 1. The van der Waals surface area contributed by atoms with Crippen LogP contribution in [-0.4, -0.2) is 67.2 Å². The van der Waals surface area contributed by atoms with Crippen molar-refractivity contribution in [2.24, 2.45) is 0 Å². The Balaban J connectivity index is 1.46. The van der Waals surface area contributed by atoms with Crippen molar-refractivity contribution in [1.29, 1.82) is 0 Å². The number of aromatic amines is 1. The maximum Gasteiger partial charge on any atom is 0.253 e. The van der Waals surface area contributed by atoms with Gasteiger partial charge in [0.25, 0.3) is 5.56 Å². The predicted molar refractivity (Wildman–Crippen MR) is 131 cm³/mol. The van der Waals surface area contributed by atoms with E-state index in [4.69, 9.17) is 0 Å². The minimum atomic E-state index is -0.310. The van der Waals surface area contributed by atoms with Gasteiger partial charge in [0.2, 0.25) is 0 Å². The number of nitrogens with zero attached hydrogens (tertiary/aromatic N) is 6. The maximum atomic E-state index is 13.4. The van der Waals surface area contributed by atoms with Crippen LogP contribution in [-0.2, 0) is 6.54 Å². The molecule has 0 radical (unpaired) electrons. The standard InChI is InChI=1S/C26H29N7O/c1-18-9-10-23-20(14-18)15-22(26(34)27-23)24(32-13-12-31-11-5-8-21(31)17-32)25-28-29-30-33(25)16-19-6-3-2-4-7-19/h2-4,6-7,9-10,14-15,21,24H,5,8,11-13,16-17H2,1H3,(H,27,34)/t21-,24+/m1/s1. The van der Waals surface area contributed by atoms with Crippen LogP contribution in [0.3, 0.4) is 0 Å². The van der Waals surface area contributed by atoms with Gasteiger partial charge in [-0.25, -0.2) is 4.68 Å². The highest BCUT2D eigenvalue weighted by Gasteiger charge is 2.37. The van der Waals surface area contributed by atoms with Crippen LogP contribution in [0.2, 0.25) is 0 Å². The second-order valence-corrected chi connectivity index (χ2v) is 9.55. The Labute approximate surface area is 198 Å². The Morgan fingerprint density at radius 2 is 1.97 bits per heavy atom. The molecule has 2 aliphatic heterocycles. The zero-order chi connectivity index (χ0) is 23.1. The number of hydrogen-bond donors (Lipinski definition) is 1. The van der Waals surface area contributed by atoms with Gasteiger partial charge in [-0.1, -0.05) is 42.0 Å². The minimum Gasteiger partial charge on any atom is -0.322 e. The quantitative estimate of drug-likeness (QED) is 0.498. The molecule has 2 saturated heterocycles. The first kappa shape index (κ1) is 21.2. The van der Waals surface area contributed by atoms with E-state index in [1.165, 1.54) is 19.4 Å². The predicted octanol–water partition coefficient (Wildman–Crippen LogP) is 2.74. The Hall–Kier alpha value is -3.36. The molecule has 0 spiro atoms. The average Bonchev–Trinajstić information content (AvgIpc) is 3.50. The van der Waals surface area contributed by atoms with Crippen molar-refractivity contribution in [2.45, 2.75) is 38.4 Å². The van der Waals surface area contributed by atoms with Gasteiger partial charge in [-0.05, 0) is 65.9 Å². The summed E-state index contributed by atoms with van der Waals surface area (Å²) in [6.45, 7) is 6.60. The first-order chi connectivity index (χ1) is 16.7. The van der Waals surface area contributed by atoms with Gasteiger partial charge in [0.15, 0.2) is 5.82 Å². The largest absolute Gasteiger partial charge is 0.322 e. The molecule has 0 saturated carbocycles. The molecule has 6 rings (SSSR count). The molecule has 8 heteroatoms. The molecule has 0 amide bonds. The van der Waals surface area contributed by atoms with E-state index in [-0.39, 0.29) is 11.6 Å². The van der Waals surface area contributed by atoms with Gasteiger partial charge in [-0.3, -0.25) is 14.6 Å². The number of aryl methyl sites for hydroxylation is 1. The van der Waals surface area contributed by atoms with Crippen molar-refractivity contribution in [3.05, 3.63) is 87.5 Å². The lowest BCUT2D eigenvalue weighted by atomic mass is 10.0. The Bertz CT molecular complexity index is 1360. The van der Waals surface area contributed by atoms with Gasteiger partial charge >= 0.3 is 0 Å². The molecule has 0 unspecified atom stereocenters. The third-order valence-corrected chi connectivity index (χ3v) is 7.29. The van der Waals surface area contributed by atoms with Crippen molar-refractivity contribution in [2.75, 3.05) is 26.2 Å². The number of H-pyrrole nitrogens is 1. The first-order valence-electron chi connectivity index (χ1n) is 12.1. The molecule has 0 aliphatic carbocycles. The summed E-state index contributed by atoms with van der Waals surface area (Å²) in [5.41, 5.74) is 3.76. The van der Waals surface area contributed by atoms with Crippen LogP contribution in [0.15, 0.2) is 59.4 Å². The van der Waals surface area contributed by atoms with Crippen LogP contribution in [0.4, 0.5) is 0 Å². The van der Waals surface area contributed by atoms with E-state index < -0.39 is 0 Å². The summed E-state index contributed by atoms with van der Waals surface area (Å²) in [5, 5.41) is 13.9. The summed E-state index contributed by atoms with van der Waals surface area (Å²) in [6.07, 6.45) is 2.44. The number of fused-ring (bicyclic) bond motifs is 2. The van der Waals surface area contributed by atoms with Crippen molar-refractivity contribution in [1.82, 2.24) is 35.0 Å². The van der Waals surface area contributed by atoms with Gasteiger partial charge in [0.05, 0.1) is 6.54 Å². The van der Waals surface area contributed by atoms with Gasteiger partial charge < -0.3 is 4.98 Å². The summed E-state index contributed by atoms with van der Waals surface area (Å²) in [4.78, 5) is 21.5. The van der Waals surface area contributed by atoms with Crippen molar-refractivity contribution >= 4 is 10.9 Å². The fraction of sp³-hybridized carbons (Fsp3) is 0.385. The molecular weight excluding hydrogens is 426 g/mol. The summed E-state index contributed by atoms with van der Waals surface area (Å²) >= 11 is 0. The monoisotopic (exact) mass is 455 g/mol. The van der Waals surface area contributed by atoms with Crippen molar-refractivity contribution < 1.29 is 0 Å². The van der Waals surface area contributed by atoms with Crippen molar-refractivity contribution in [3.8, 4) is 0 Å². The van der Waals surface area contributed by atoms with E-state index in [9.17, 15) is 4.79 Å². The fourth-order valence-electron chi connectivity index (χ4n) is 5.57. The van der Waals surface area contributed by atoms with Crippen LogP contribution in [0.5, 0.6) is 0 Å². The van der Waals surface area contributed by atoms with Crippen LogP contribution in [0.1, 0.15) is 41.4 Å². The number of hydrogen-bond acceptors (Lipinski definition) is 6. The van der Waals surface area contributed by atoms with Gasteiger partial charge in [0.1, 0.15) is 6.04 Å². The number of nitrogens with one attached hydrogen (secondary N) is 1. The maximum absolute atomic E-state index is 13.4. The number of aromatic nitrogens is 5. The smallest absolute Gasteiger partial charge is 0.253 e. The second-order valence-electron chi connectivity index (χ2n) is 9.55. The Morgan fingerprint density at radius 3 is 2.85 bits per heavy atom. The molecule has 2 atom stereocenters. The van der Waals surface area contributed by atoms with E-state index in [0.29, 0.717) is 24.0 Å². The molecular formula is C26H29N7O. The van der Waals surface area contributed by atoms with E-state index in [2.05, 4.69) is 55.4 Å². The van der Waals surface area contributed by atoms with Gasteiger partial charge in [-0.2, -0.15) is 0 Å². The van der Waals surface area contributed by atoms with E-state index >= 15 is 0 Å². The topological polar surface area (TPSA) is 82.9 Å². The third-order valence-electron chi connectivity index (χ3n) is 7.29. The van der Waals surface area contributed by atoms with Gasteiger partial charge in [0, 0.05) is 36.8 Å². The lowest BCUT2D eigenvalue weighted by molar-refractivity contribution is 0.0790. The zero-order valence-corrected chi connectivity index (χ0v) is 19.4. The van der Waals surface area contributed by atoms with Crippen LogP contribution < -0.4 is 5.56 Å². The molecule has 2 aliphatic rings. The van der Waals surface area contributed by atoms with Crippen LogP contribution in [0.25, 0.3) is 10.9 Å². The molecule has 4 heterocycles. The minimum absolute atomic E-state index is 0.0792. The third kappa shape index (κ3) is 3.93. The summed E-state index contributed by atoms with van der Waals surface area (Å²) in [5.74, 6) is 0.716. The molecule has 2 aromatic heterocycles. The zero-order valence-electron chi connectivity index (χ0n) is 19.4. The molecule has 4 aromatic rings. The lowest BCUT2D eigenvalue weighted by Gasteiger charge is -2.41. The first-order valence-corrected chi connectivity index (χ1v) is 12.1. The molecule has 8 nitrogen and oxygen atoms in total. The van der Waals surface area contributed by atoms with Gasteiger partial charge in [-0.15, -0.1) is 5.10 Å². The molecule has 1 N–H and O–H groups in total. The molecule has 174 valence electrons. The molecule has 2 aromatic carbocycles. The number of benzene rings is 2. The highest BCUT2D eigenvalue weighted by Crippen LogP contribution is 2.31. The van der Waals surface area contributed by atoms with Crippen LogP contribution >= 0.6 is 0 Å². The highest BCUT2D eigenvalue weighted by atomic mass is 16.1. The normalized spacial score (nSPS) is 20.0. The Morgan fingerprint density at radius 1 is 1.09 bits per heavy atom. The van der Waals surface area contributed by atoms with Crippen LogP contribution in [0, 0.1) is 6.92 Å². The summed E-state index contributed by atoms with van der Waals surface area (Å²) in [7, 11) is 0.